The van der Waals surface area contributed by atoms with E-state index in [0.29, 0.717) is 12.1 Å². The van der Waals surface area contributed by atoms with Crippen molar-refractivity contribution in [1.82, 2.24) is 24.6 Å². The highest BCUT2D eigenvalue weighted by Gasteiger charge is 2.28. The van der Waals surface area contributed by atoms with Gasteiger partial charge in [-0.3, -0.25) is 9.80 Å². The lowest BCUT2D eigenvalue weighted by Crippen LogP contribution is -2.56. The number of benzene rings is 1. The first-order valence-electron chi connectivity index (χ1n) is 8.58. The molecule has 2 aromatic rings. The van der Waals surface area contributed by atoms with E-state index >= 15 is 0 Å². The first-order valence-corrected chi connectivity index (χ1v) is 8.58. The van der Waals surface area contributed by atoms with Gasteiger partial charge in [0.2, 0.25) is 0 Å². The number of methoxy groups -OCH3 is 1. The van der Waals surface area contributed by atoms with Crippen LogP contribution in [0.3, 0.4) is 0 Å². The summed E-state index contributed by atoms with van der Waals surface area (Å²) in [4.78, 5) is 9.08. The van der Waals surface area contributed by atoms with Gasteiger partial charge >= 0.3 is 0 Å². The molecule has 2 heterocycles. The van der Waals surface area contributed by atoms with Crippen molar-refractivity contribution in [2.75, 3.05) is 33.4 Å². The van der Waals surface area contributed by atoms with Gasteiger partial charge in [-0.15, -0.1) is 0 Å². The molecule has 24 heavy (non-hydrogen) atoms. The highest BCUT2D eigenvalue weighted by molar-refractivity contribution is 5.33. The molecule has 6 heteroatoms. The molecule has 0 saturated carbocycles. The van der Waals surface area contributed by atoms with Crippen LogP contribution in [-0.2, 0) is 11.3 Å². The summed E-state index contributed by atoms with van der Waals surface area (Å²) in [7, 11) is 1.77. The zero-order chi connectivity index (χ0) is 16.9. The Morgan fingerprint density at radius 2 is 1.83 bits per heavy atom. The quantitative estimate of drug-likeness (QED) is 0.809. The largest absolute Gasteiger partial charge is 0.383 e. The monoisotopic (exact) mass is 329 g/mol. The van der Waals surface area contributed by atoms with Crippen LogP contribution in [0, 0.1) is 0 Å². The van der Waals surface area contributed by atoms with Crippen LogP contribution >= 0.6 is 0 Å². The summed E-state index contributed by atoms with van der Waals surface area (Å²) in [5.41, 5.74) is 2.38. The first-order chi connectivity index (χ1) is 11.7. The summed E-state index contributed by atoms with van der Waals surface area (Å²) in [6.45, 7) is 9.62. The van der Waals surface area contributed by atoms with E-state index in [2.05, 4.69) is 58.0 Å². The predicted octanol–water partition coefficient (Wildman–Crippen LogP) is 1.81. The normalized spacial score (nSPS) is 22.8. The van der Waals surface area contributed by atoms with E-state index in [1.54, 1.807) is 24.4 Å². The molecule has 6 nitrogen and oxygen atoms in total. The molecular weight excluding hydrogens is 302 g/mol. The van der Waals surface area contributed by atoms with Crippen molar-refractivity contribution < 1.29 is 4.74 Å². The molecule has 0 aliphatic carbocycles. The van der Waals surface area contributed by atoms with Crippen molar-refractivity contribution in [3.63, 3.8) is 0 Å². The van der Waals surface area contributed by atoms with Crippen LogP contribution in [0.15, 0.2) is 36.9 Å². The van der Waals surface area contributed by atoms with Gasteiger partial charge in [-0.25, -0.2) is 9.67 Å². The van der Waals surface area contributed by atoms with Crippen LogP contribution in [0.4, 0.5) is 0 Å². The van der Waals surface area contributed by atoms with E-state index in [-0.39, 0.29) is 0 Å². The van der Waals surface area contributed by atoms with Crippen LogP contribution in [0.5, 0.6) is 0 Å². The van der Waals surface area contributed by atoms with Crippen molar-refractivity contribution in [3.8, 4) is 5.69 Å². The van der Waals surface area contributed by atoms with Crippen LogP contribution in [0.1, 0.15) is 19.4 Å². The molecule has 1 aliphatic rings. The van der Waals surface area contributed by atoms with Crippen LogP contribution < -0.4 is 0 Å². The molecule has 1 aromatic carbocycles. The lowest BCUT2D eigenvalue weighted by Gasteiger charge is -2.44. The molecule has 130 valence electrons. The highest BCUT2D eigenvalue weighted by atomic mass is 16.5. The molecule has 2 atom stereocenters. The molecule has 1 saturated heterocycles. The Morgan fingerprint density at radius 3 is 2.42 bits per heavy atom. The maximum atomic E-state index is 5.24. The molecule has 3 rings (SSSR count). The predicted molar refractivity (Wildman–Crippen MR) is 94.1 cm³/mol. The topological polar surface area (TPSA) is 46.4 Å². The van der Waals surface area contributed by atoms with Gasteiger partial charge in [0.15, 0.2) is 0 Å². The van der Waals surface area contributed by atoms with Gasteiger partial charge in [0.05, 0.1) is 12.3 Å². The molecule has 0 spiro atoms. The second kappa shape index (κ2) is 7.88. The number of rotatable bonds is 6. The fourth-order valence-corrected chi connectivity index (χ4v) is 3.59. The van der Waals surface area contributed by atoms with Gasteiger partial charge < -0.3 is 4.74 Å². The number of ether oxygens (including phenoxy) is 1. The fourth-order valence-electron chi connectivity index (χ4n) is 3.59. The third kappa shape index (κ3) is 4.01. The van der Waals surface area contributed by atoms with Crippen molar-refractivity contribution in [1.29, 1.82) is 0 Å². The molecule has 0 radical (unpaired) electrons. The van der Waals surface area contributed by atoms with Crippen LogP contribution in [-0.4, -0.2) is 70.0 Å². The van der Waals surface area contributed by atoms with E-state index in [9.17, 15) is 0 Å². The molecule has 0 bridgehead atoms. The molecular formula is C18H27N5O. The van der Waals surface area contributed by atoms with Crippen molar-refractivity contribution in [2.24, 2.45) is 0 Å². The third-order valence-electron chi connectivity index (χ3n) is 4.76. The Morgan fingerprint density at radius 1 is 1.12 bits per heavy atom. The average Bonchev–Trinajstić information content (AvgIpc) is 3.09. The first kappa shape index (κ1) is 17.1. The second-order valence-electron chi connectivity index (χ2n) is 6.63. The minimum Gasteiger partial charge on any atom is -0.383 e. The van der Waals surface area contributed by atoms with Crippen LogP contribution in [0.25, 0.3) is 5.69 Å². The van der Waals surface area contributed by atoms with E-state index in [0.717, 1.165) is 38.5 Å². The van der Waals surface area contributed by atoms with Crippen molar-refractivity contribution in [3.05, 3.63) is 42.5 Å². The van der Waals surface area contributed by atoms with Crippen molar-refractivity contribution >= 4 is 0 Å². The zero-order valence-electron chi connectivity index (χ0n) is 14.8. The fraction of sp³-hybridized carbons (Fsp3) is 0.556. The molecule has 1 fully saturated rings. The number of hydrogen-bond acceptors (Lipinski definition) is 5. The summed E-state index contributed by atoms with van der Waals surface area (Å²) in [5.74, 6) is 0. The number of hydrogen-bond donors (Lipinski definition) is 0. The van der Waals surface area contributed by atoms with Crippen LogP contribution in [0.2, 0.25) is 0 Å². The zero-order valence-corrected chi connectivity index (χ0v) is 14.8. The molecule has 1 aromatic heterocycles. The highest BCUT2D eigenvalue weighted by Crippen LogP contribution is 2.18. The smallest absolute Gasteiger partial charge is 0.138 e. The number of piperazine rings is 1. The second-order valence-corrected chi connectivity index (χ2v) is 6.63. The maximum absolute atomic E-state index is 5.24. The minimum atomic E-state index is 0.554. The lowest BCUT2D eigenvalue weighted by molar-refractivity contribution is 0.0179. The Bertz CT molecular complexity index is 601. The Hall–Kier alpha value is -1.76. The van der Waals surface area contributed by atoms with E-state index < -0.39 is 0 Å². The molecule has 0 amide bonds. The summed E-state index contributed by atoms with van der Waals surface area (Å²) in [6, 6.07) is 9.68. The van der Waals surface area contributed by atoms with Gasteiger partial charge in [0, 0.05) is 45.4 Å². The average molecular weight is 329 g/mol. The lowest BCUT2D eigenvalue weighted by atomic mass is 10.1. The Kier molecular flexibility index (Phi) is 5.60. The molecule has 0 N–H and O–H groups in total. The maximum Gasteiger partial charge on any atom is 0.138 e. The van der Waals surface area contributed by atoms with Gasteiger partial charge in [0.25, 0.3) is 0 Å². The number of nitrogens with zero attached hydrogens (tertiary/aromatic N) is 5. The van der Waals surface area contributed by atoms with Gasteiger partial charge in [0.1, 0.15) is 12.7 Å². The van der Waals surface area contributed by atoms with Crippen molar-refractivity contribution in [2.45, 2.75) is 32.5 Å². The summed E-state index contributed by atoms with van der Waals surface area (Å²) < 4.78 is 7.02. The molecule has 2 unspecified atom stereocenters. The van der Waals surface area contributed by atoms with Gasteiger partial charge in [-0.2, -0.15) is 5.10 Å². The van der Waals surface area contributed by atoms with E-state index in [1.807, 2.05) is 0 Å². The summed E-state index contributed by atoms with van der Waals surface area (Å²) >= 11 is 0. The Labute approximate surface area is 144 Å². The standard InChI is InChI=1S/C18H27N5O/c1-15-10-21(11-16(2)22(15)8-9-24-3)12-17-4-6-18(7-5-17)23-14-19-13-20-23/h4-7,13-16H,8-12H2,1-3H3. The van der Waals surface area contributed by atoms with E-state index in [1.165, 1.54) is 5.56 Å². The Balaban J connectivity index is 1.58. The molecule has 1 aliphatic heterocycles. The van der Waals surface area contributed by atoms with Gasteiger partial charge in [-0.1, -0.05) is 12.1 Å². The minimum absolute atomic E-state index is 0.554. The third-order valence-corrected chi connectivity index (χ3v) is 4.76. The number of aromatic nitrogens is 3. The summed E-state index contributed by atoms with van der Waals surface area (Å²) in [5, 5.41) is 4.16. The van der Waals surface area contributed by atoms with Gasteiger partial charge in [-0.05, 0) is 31.5 Å². The van der Waals surface area contributed by atoms with E-state index in [4.69, 9.17) is 4.74 Å². The SMILES string of the molecule is COCCN1C(C)CN(Cc2ccc(-n3cncn3)cc2)CC1C. The summed E-state index contributed by atoms with van der Waals surface area (Å²) in [6.07, 6.45) is 3.28.